The minimum Gasteiger partial charge on any atom is -0.440 e. The lowest BCUT2D eigenvalue weighted by molar-refractivity contribution is 0.393. The largest absolute Gasteiger partial charge is 0.440 e. The van der Waals surface area contributed by atoms with E-state index in [1.54, 1.807) is 0 Å². The first-order valence-electron chi connectivity index (χ1n) is 6.02. The van der Waals surface area contributed by atoms with Gasteiger partial charge < -0.3 is 10.5 Å². The van der Waals surface area contributed by atoms with Gasteiger partial charge in [0, 0.05) is 5.56 Å². The van der Waals surface area contributed by atoms with Gasteiger partial charge in [-0.15, -0.1) is 0 Å². The van der Waals surface area contributed by atoms with Gasteiger partial charge >= 0.3 is 0 Å². The van der Waals surface area contributed by atoms with E-state index in [4.69, 9.17) is 10.5 Å². The molecule has 0 aromatic heterocycles. The number of allylic oxidation sites excluding steroid dienone is 1. The minimum atomic E-state index is -0.156. The molecule has 1 atom stereocenters. The molecule has 0 radical (unpaired) electrons. The number of para-hydroxylation sites is 1. The molecule has 0 saturated heterocycles. The average molecular weight is 248 g/mol. The summed E-state index contributed by atoms with van der Waals surface area (Å²) in [4.78, 5) is 0. The van der Waals surface area contributed by atoms with Gasteiger partial charge in [0.25, 0.3) is 0 Å². The van der Waals surface area contributed by atoms with Crippen molar-refractivity contribution >= 4 is 0 Å². The first-order valence-corrected chi connectivity index (χ1v) is 6.02. The van der Waals surface area contributed by atoms with Crippen molar-refractivity contribution in [3.05, 3.63) is 77.2 Å². The summed E-state index contributed by atoms with van der Waals surface area (Å²) in [7, 11) is 0. The molecule has 2 N–H and O–H groups in total. The third-order valence-electron chi connectivity index (χ3n) is 3.26. The predicted octanol–water partition coefficient (Wildman–Crippen LogP) is 2.90. The third-order valence-corrected chi connectivity index (χ3v) is 3.26. The molecule has 3 heteroatoms. The van der Waals surface area contributed by atoms with Crippen molar-refractivity contribution in [2.24, 2.45) is 5.73 Å². The zero-order chi connectivity index (χ0) is 13.2. The van der Waals surface area contributed by atoms with Gasteiger partial charge in [-0.3, -0.25) is 0 Å². The van der Waals surface area contributed by atoms with Gasteiger partial charge in [0.05, 0.1) is 5.92 Å². The number of hydrogen-bond acceptors (Lipinski definition) is 3. The van der Waals surface area contributed by atoms with E-state index in [9.17, 15) is 5.26 Å². The molecule has 0 fully saturated rings. The van der Waals surface area contributed by atoms with Crippen LogP contribution in [-0.2, 0) is 0 Å². The SMILES string of the molecule is N#CC1=C(N)Oc2ccccc2[C@@H]1c1ccccc1. The Labute approximate surface area is 111 Å². The number of ether oxygens (including phenoxy) is 1. The number of hydrogen-bond donors (Lipinski definition) is 1. The first-order chi connectivity index (χ1) is 9.31. The van der Waals surface area contributed by atoms with Crippen LogP contribution in [0.5, 0.6) is 5.75 Å². The number of fused-ring (bicyclic) bond motifs is 1. The first kappa shape index (κ1) is 11.4. The normalized spacial score (nSPS) is 17.3. The van der Waals surface area contributed by atoms with Gasteiger partial charge in [-0.25, -0.2) is 0 Å². The van der Waals surface area contributed by atoms with Crippen molar-refractivity contribution in [2.75, 3.05) is 0 Å². The van der Waals surface area contributed by atoms with Crippen LogP contribution in [0, 0.1) is 11.3 Å². The van der Waals surface area contributed by atoms with Crippen molar-refractivity contribution in [1.82, 2.24) is 0 Å². The van der Waals surface area contributed by atoms with Gasteiger partial charge in [0.2, 0.25) is 5.88 Å². The smallest absolute Gasteiger partial charge is 0.205 e. The fourth-order valence-corrected chi connectivity index (χ4v) is 2.39. The molecule has 1 heterocycles. The standard InChI is InChI=1S/C16H12N2O/c17-10-13-15(11-6-2-1-3-7-11)12-8-4-5-9-14(12)19-16(13)18/h1-9,15H,18H2/t15-/m0/s1. The Balaban J connectivity index is 2.23. The quantitative estimate of drug-likeness (QED) is 0.844. The summed E-state index contributed by atoms with van der Waals surface area (Å²) in [6, 6.07) is 19.7. The number of nitriles is 1. The molecule has 2 aromatic rings. The van der Waals surface area contributed by atoms with Crippen molar-refractivity contribution in [3.8, 4) is 11.8 Å². The summed E-state index contributed by atoms with van der Waals surface area (Å²) in [6.45, 7) is 0. The van der Waals surface area contributed by atoms with Gasteiger partial charge in [-0.05, 0) is 11.6 Å². The van der Waals surface area contributed by atoms with Crippen LogP contribution < -0.4 is 10.5 Å². The van der Waals surface area contributed by atoms with E-state index in [2.05, 4.69) is 6.07 Å². The molecule has 1 aliphatic heterocycles. The lowest BCUT2D eigenvalue weighted by Gasteiger charge is -2.26. The van der Waals surface area contributed by atoms with E-state index in [1.165, 1.54) is 0 Å². The average Bonchev–Trinajstić information content (AvgIpc) is 2.46. The Morgan fingerprint density at radius 2 is 1.68 bits per heavy atom. The molecule has 19 heavy (non-hydrogen) atoms. The van der Waals surface area contributed by atoms with Crippen LogP contribution >= 0.6 is 0 Å². The van der Waals surface area contributed by atoms with Gasteiger partial charge in [-0.1, -0.05) is 48.5 Å². The summed E-state index contributed by atoms with van der Waals surface area (Å²) in [5.41, 5.74) is 8.34. The summed E-state index contributed by atoms with van der Waals surface area (Å²) in [5, 5.41) is 9.35. The molecule has 0 bridgehead atoms. The van der Waals surface area contributed by atoms with Gasteiger partial charge in [0.1, 0.15) is 17.4 Å². The maximum atomic E-state index is 9.35. The molecule has 3 rings (SSSR count). The van der Waals surface area contributed by atoms with Crippen molar-refractivity contribution in [2.45, 2.75) is 5.92 Å². The van der Waals surface area contributed by atoms with Crippen molar-refractivity contribution in [3.63, 3.8) is 0 Å². The highest BCUT2D eigenvalue weighted by Crippen LogP contribution is 2.41. The predicted molar refractivity (Wildman–Crippen MR) is 72.2 cm³/mol. The lowest BCUT2D eigenvalue weighted by Crippen LogP contribution is -2.20. The molecule has 0 aliphatic carbocycles. The fourth-order valence-electron chi connectivity index (χ4n) is 2.39. The maximum absolute atomic E-state index is 9.35. The van der Waals surface area contributed by atoms with Crippen LogP contribution in [0.4, 0.5) is 0 Å². The second kappa shape index (κ2) is 4.51. The van der Waals surface area contributed by atoms with Crippen LogP contribution in [-0.4, -0.2) is 0 Å². The minimum absolute atomic E-state index is 0.156. The molecule has 92 valence electrons. The van der Waals surface area contributed by atoms with E-state index in [-0.39, 0.29) is 11.8 Å². The topological polar surface area (TPSA) is 59.0 Å². The zero-order valence-corrected chi connectivity index (χ0v) is 10.2. The third kappa shape index (κ3) is 1.84. The highest BCUT2D eigenvalue weighted by Gasteiger charge is 2.29. The number of nitrogens with two attached hydrogens (primary N) is 1. The molecule has 0 saturated carbocycles. The van der Waals surface area contributed by atoms with Crippen LogP contribution in [0.25, 0.3) is 0 Å². The molecular weight excluding hydrogens is 236 g/mol. The molecular formula is C16H12N2O. The molecule has 0 amide bonds. The highest BCUT2D eigenvalue weighted by molar-refractivity contribution is 5.55. The summed E-state index contributed by atoms with van der Waals surface area (Å²) >= 11 is 0. The monoisotopic (exact) mass is 248 g/mol. The Bertz CT molecular complexity index is 683. The molecule has 3 nitrogen and oxygen atoms in total. The highest BCUT2D eigenvalue weighted by atomic mass is 16.5. The van der Waals surface area contributed by atoms with Crippen LogP contribution in [0.3, 0.4) is 0 Å². The van der Waals surface area contributed by atoms with Gasteiger partial charge in [-0.2, -0.15) is 5.26 Å². The number of rotatable bonds is 1. The molecule has 0 spiro atoms. The molecule has 2 aromatic carbocycles. The Kier molecular flexibility index (Phi) is 2.70. The number of benzene rings is 2. The van der Waals surface area contributed by atoms with E-state index in [0.717, 1.165) is 11.1 Å². The van der Waals surface area contributed by atoms with Gasteiger partial charge in [0.15, 0.2) is 0 Å². The van der Waals surface area contributed by atoms with Crippen LogP contribution in [0.15, 0.2) is 66.1 Å². The number of nitrogens with zero attached hydrogens (tertiary/aromatic N) is 1. The van der Waals surface area contributed by atoms with E-state index in [1.807, 2.05) is 54.6 Å². The van der Waals surface area contributed by atoms with Crippen molar-refractivity contribution < 1.29 is 4.74 Å². The van der Waals surface area contributed by atoms with Crippen LogP contribution in [0.2, 0.25) is 0 Å². The van der Waals surface area contributed by atoms with Crippen molar-refractivity contribution in [1.29, 1.82) is 5.26 Å². The lowest BCUT2D eigenvalue weighted by atomic mass is 9.84. The Hall–Kier alpha value is -2.73. The Morgan fingerprint density at radius 1 is 1.00 bits per heavy atom. The van der Waals surface area contributed by atoms with Crippen LogP contribution in [0.1, 0.15) is 17.0 Å². The zero-order valence-electron chi connectivity index (χ0n) is 10.2. The summed E-state index contributed by atoms with van der Waals surface area (Å²) in [6.07, 6.45) is 0. The van der Waals surface area contributed by atoms with E-state index < -0.39 is 0 Å². The Morgan fingerprint density at radius 3 is 2.42 bits per heavy atom. The van der Waals surface area contributed by atoms with E-state index in [0.29, 0.717) is 11.3 Å². The van der Waals surface area contributed by atoms with E-state index >= 15 is 0 Å². The second-order valence-electron chi connectivity index (χ2n) is 4.37. The molecule has 1 aliphatic rings. The molecule has 0 unspecified atom stereocenters. The summed E-state index contributed by atoms with van der Waals surface area (Å²) in [5.74, 6) is 0.749. The maximum Gasteiger partial charge on any atom is 0.205 e. The fraction of sp³-hybridized carbons (Fsp3) is 0.0625. The summed E-state index contributed by atoms with van der Waals surface area (Å²) < 4.78 is 5.52. The second-order valence-corrected chi connectivity index (χ2v) is 4.37.